The number of fused-ring (bicyclic) bond motifs is 2. The van der Waals surface area contributed by atoms with Crippen molar-refractivity contribution in [1.82, 2.24) is 29.8 Å². The number of nitrogens with one attached hydrogen (secondary N) is 1. The number of aryl methyl sites for hydroxylation is 1. The molecule has 0 atom stereocenters. The van der Waals surface area contributed by atoms with Crippen molar-refractivity contribution in [2.45, 2.75) is 39.3 Å². The number of rotatable bonds is 2. The number of aromatic nitrogens is 5. The Hall–Kier alpha value is -3.59. The van der Waals surface area contributed by atoms with Gasteiger partial charge < -0.3 is 19.4 Å². The molecule has 0 unspecified atom stereocenters. The van der Waals surface area contributed by atoms with E-state index in [1.165, 1.54) is 0 Å². The van der Waals surface area contributed by atoms with Crippen LogP contribution >= 0.6 is 0 Å². The van der Waals surface area contributed by atoms with E-state index >= 15 is 0 Å². The third-order valence-corrected chi connectivity index (χ3v) is 4.99. The number of carbonyl (C=O) groups excluding carboxylic acids is 1. The highest BCUT2D eigenvalue weighted by Gasteiger charge is 2.30. The largest absolute Gasteiger partial charge is 0.432 e. The van der Waals surface area contributed by atoms with Gasteiger partial charge in [-0.2, -0.15) is 0 Å². The first-order valence-electron chi connectivity index (χ1n) is 9.98. The minimum absolute atomic E-state index is 0.155. The van der Waals surface area contributed by atoms with E-state index in [2.05, 4.69) is 24.9 Å². The summed E-state index contributed by atoms with van der Waals surface area (Å²) in [4.78, 5) is 33.6. The van der Waals surface area contributed by atoms with Crippen LogP contribution in [-0.4, -0.2) is 47.4 Å². The molecule has 0 spiro atoms. The highest BCUT2D eigenvalue weighted by Crippen LogP contribution is 2.24. The van der Waals surface area contributed by atoms with Gasteiger partial charge in [-0.05, 0) is 26.8 Å². The zero-order valence-corrected chi connectivity index (χ0v) is 17.7. The molecule has 0 radical (unpaired) electrons. The SMILES string of the molecule is Cc1nc(C(C)(C)O)oc1C(=O)N1CCc2nc[nH]c2C1.c1ccc2ncncc2c1. The molecule has 1 aliphatic heterocycles. The maximum absolute atomic E-state index is 12.6. The Morgan fingerprint density at radius 3 is 2.81 bits per heavy atom. The molecular formula is C22H24N6O3. The Bertz CT molecular complexity index is 1140. The molecule has 3 aromatic heterocycles. The van der Waals surface area contributed by atoms with Crippen LogP contribution in [0.4, 0.5) is 0 Å². The van der Waals surface area contributed by atoms with E-state index in [-0.39, 0.29) is 17.6 Å². The minimum atomic E-state index is -1.21. The lowest BCUT2D eigenvalue weighted by atomic mass is 10.1. The highest BCUT2D eigenvalue weighted by molar-refractivity contribution is 5.92. The van der Waals surface area contributed by atoms with E-state index in [9.17, 15) is 9.90 Å². The van der Waals surface area contributed by atoms with Crippen molar-refractivity contribution in [3.63, 3.8) is 0 Å². The van der Waals surface area contributed by atoms with Gasteiger partial charge >= 0.3 is 0 Å². The van der Waals surface area contributed by atoms with Crippen molar-refractivity contribution in [3.05, 3.63) is 71.8 Å². The molecule has 4 heterocycles. The van der Waals surface area contributed by atoms with Crippen LogP contribution in [0.15, 0.2) is 47.5 Å². The van der Waals surface area contributed by atoms with E-state index in [4.69, 9.17) is 4.42 Å². The van der Waals surface area contributed by atoms with Crippen molar-refractivity contribution < 1.29 is 14.3 Å². The molecule has 1 amide bonds. The van der Waals surface area contributed by atoms with Crippen LogP contribution in [-0.2, 0) is 18.6 Å². The second kappa shape index (κ2) is 8.27. The topological polar surface area (TPSA) is 121 Å². The fourth-order valence-corrected chi connectivity index (χ4v) is 3.31. The predicted octanol–water partition coefficient (Wildman–Crippen LogP) is 2.76. The van der Waals surface area contributed by atoms with Gasteiger partial charge in [0.1, 0.15) is 11.9 Å². The van der Waals surface area contributed by atoms with Crippen molar-refractivity contribution in [1.29, 1.82) is 0 Å². The Morgan fingerprint density at radius 2 is 2.06 bits per heavy atom. The fraction of sp³-hybridized carbons (Fsp3) is 0.318. The molecular weight excluding hydrogens is 396 g/mol. The summed E-state index contributed by atoms with van der Waals surface area (Å²) >= 11 is 0. The number of amides is 1. The monoisotopic (exact) mass is 420 g/mol. The number of hydrogen-bond donors (Lipinski definition) is 2. The van der Waals surface area contributed by atoms with Crippen LogP contribution in [0.25, 0.3) is 10.9 Å². The second-order valence-electron chi connectivity index (χ2n) is 7.88. The van der Waals surface area contributed by atoms with Crippen molar-refractivity contribution in [2.75, 3.05) is 6.54 Å². The van der Waals surface area contributed by atoms with Crippen LogP contribution < -0.4 is 0 Å². The van der Waals surface area contributed by atoms with Gasteiger partial charge in [0, 0.05) is 24.5 Å². The van der Waals surface area contributed by atoms with E-state index in [1.54, 1.807) is 38.3 Å². The van der Waals surface area contributed by atoms with Crippen LogP contribution in [0.1, 0.15) is 47.4 Å². The Labute approximate surface area is 179 Å². The third kappa shape index (κ3) is 4.46. The van der Waals surface area contributed by atoms with Gasteiger partial charge in [-0.1, -0.05) is 18.2 Å². The fourth-order valence-electron chi connectivity index (χ4n) is 3.31. The molecule has 2 N–H and O–H groups in total. The summed E-state index contributed by atoms with van der Waals surface area (Å²) in [5.41, 5.74) is 2.24. The first-order chi connectivity index (χ1) is 14.8. The normalized spacial score (nSPS) is 13.5. The number of H-pyrrole nitrogens is 1. The summed E-state index contributed by atoms with van der Waals surface area (Å²) in [6, 6.07) is 7.91. The number of para-hydroxylation sites is 1. The van der Waals surface area contributed by atoms with Gasteiger partial charge in [0.2, 0.25) is 11.7 Å². The van der Waals surface area contributed by atoms with Crippen LogP contribution in [0.2, 0.25) is 0 Å². The summed E-state index contributed by atoms with van der Waals surface area (Å²) in [7, 11) is 0. The Morgan fingerprint density at radius 1 is 1.26 bits per heavy atom. The molecule has 1 aliphatic rings. The van der Waals surface area contributed by atoms with Crippen LogP contribution in [0.3, 0.4) is 0 Å². The predicted molar refractivity (Wildman–Crippen MR) is 113 cm³/mol. The average Bonchev–Trinajstić information content (AvgIpc) is 3.39. The molecule has 9 nitrogen and oxygen atoms in total. The van der Waals surface area contributed by atoms with Gasteiger partial charge in [0.05, 0.1) is 35.5 Å². The van der Waals surface area contributed by atoms with Gasteiger partial charge in [-0.3, -0.25) is 4.79 Å². The smallest absolute Gasteiger partial charge is 0.291 e. The van der Waals surface area contributed by atoms with Gasteiger partial charge in [0.25, 0.3) is 5.91 Å². The van der Waals surface area contributed by atoms with Crippen molar-refractivity contribution >= 4 is 16.8 Å². The molecule has 160 valence electrons. The first-order valence-corrected chi connectivity index (χ1v) is 9.98. The minimum Gasteiger partial charge on any atom is -0.432 e. The van der Waals surface area contributed by atoms with Gasteiger partial charge in [0.15, 0.2) is 0 Å². The molecule has 0 aliphatic carbocycles. The Balaban J connectivity index is 0.000000192. The van der Waals surface area contributed by atoms with E-state index in [1.807, 2.05) is 30.5 Å². The molecule has 0 saturated heterocycles. The number of benzene rings is 1. The number of oxazole rings is 1. The van der Waals surface area contributed by atoms with Gasteiger partial charge in [-0.25, -0.2) is 19.9 Å². The quantitative estimate of drug-likeness (QED) is 0.511. The molecule has 31 heavy (non-hydrogen) atoms. The highest BCUT2D eigenvalue weighted by atomic mass is 16.4. The maximum atomic E-state index is 12.6. The van der Waals surface area contributed by atoms with Gasteiger partial charge in [-0.15, -0.1) is 0 Å². The zero-order valence-electron chi connectivity index (χ0n) is 17.7. The molecule has 5 rings (SSSR count). The Kier molecular flexibility index (Phi) is 5.51. The summed E-state index contributed by atoms with van der Waals surface area (Å²) in [6.07, 6.45) is 5.73. The third-order valence-electron chi connectivity index (χ3n) is 4.99. The summed E-state index contributed by atoms with van der Waals surface area (Å²) in [5.74, 6) is 0.133. The molecule has 1 aromatic carbocycles. The zero-order chi connectivity index (χ0) is 22.0. The molecule has 0 bridgehead atoms. The maximum Gasteiger partial charge on any atom is 0.291 e. The van der Waals surface area contributed by atoms with Crippen molar-refractivity contribution in [3.8, 4) is 0 Å². The number of aliphatic hydroxyl groups is 1. The van der Waals surface area contributed by atoms with Crippen LogP contribution in [0, 0.1) is 6.92 Å². The lowest BCUT2D eigenvalue weighted by molar-refractivity contribution is 0.0447. The average molecular weight is 420 g/mol. The number of nitrogens with zero attached hydrogens (tertiary/aromatic N) is 5. The standard InChI is InChI=1S/C14H18N4O3.C8H6N2/c1-8-11(21-13(17-8)14(2,3)20)12(19)18-5-4-9-10(6-18)16-7-15-9;1-2-4-8-7(3-1)5-9-6-10-8/h7,20H,4-6H2,1-3H3,(H,15,16);1-6H. The lowest BCUT2D eigenvalue weighted by Crippen LogP contribution is -2.36. The lowest BCUT2D eigenvalue weighted by Gasteiger charge is -2.25. The number of carbonyl (C=O) groups is 1. The second-order valence-corrected chi connectivity index (χ2v) is 7.88. The number of aromatic amines is 1. The summed E-state index contributed by atoms with van der Waals surface area (Å²) in [6.45, 7) is 5.92. The summed E-state index contributed by atoms with van der Waals surface area (Å²) in [5, 5.41) is 11.0. The molecule has 4 aromatic rings. The van der Waals surface area contributed by atoms with E-state index < -0.39 is 5.60 Å². The van der Waals surface area contributed by atoms with E-state index in [0.29, 0.717) is 18.8 Å². The van der Waals surface area contributed by atoms with Crippen molar-refractivity contribution in [2.24, 2.45) is 0 Å². The number of imidazole rings is 1. The molecule has 0 saturated carbocycles. The van der Waals surface area contributed by atoms with E-state index in [0.717, 1.165) is 28.7 Å². The number of hydrogen-bond acceptors (Lipinski definition) is 7. The van der Waals surface area contributed by atoms with Crippen LogP contribution in [0.5, 0.6) is 0 Å². The molecule has 9 heteroatoms. The molecule has 0 fully saturated rings. The summed E-state index contributed by atoms with van der Waals surface area (Å²) < 4.78 is 5.49. The first kappa shape index (κ1) is 20.7.